The predicted octanol–water partition coefficient (Wildman–Crippen LogP) is 7.45. The first kappa shape index (κ1) is 27.9. The lowest BCUT2D eigenvalue weighted by atomic mass is 9.74. The number of carboxylic acids is 1. The maximum atomic E-state index is 13.4. The van der Waals surface area contributed by atoms with Gasteiger partial charge >= 0.3 is 12.1 Å². The molecule has 1 aliphatic heterocycles. The lowest BCUT2D eigenvalue weighted by Gasteiger charge is -2.32. The van der Waals surface area contributed by atoms with E-state index in [2.05, 4.69) is 16.5 Å². The van der Waals surface area contributed by atoms with Gasteiger partial charge in [-0.3, -0.25) is 4.98 Å². The third-order valence-corrected chi connectivity index (χ3v) is 7.81. The number of carbonyl (C=O) groups is 1. The number of alkyl halides is 3. The number of morpholine rings is 1. The maximum absolute atomic E-state index is 13.4. The van der Waals surface area contributed by atoms with Gasteiger partial charge in [0.2, 0.25) is 0 Å². The number of pyridine rings is 1. The van der Waals surface area contributed by atoms with Crippen molar-refractivity contribution in [3.8, 4) is 0 Å². The summed E-state index contributed by atoms with van der Waals surface area (Å²) in [7, 11) is 0. The highest BCUT2D eigenvalue weighted by Crippen LogP contribution is 2.47. The van der Waals surface area contributed by atoms with E-state index in [0.717, 1.165) is 72.6 Å². The Kier molecular flexibility index (Phi) is 8.01. The van der Waals surface area contributed by atoms with Crippen LogP contribution in [0.2, 0.25) is 5.02 Å². The van der Waals surface area contributed by atoms with Crippen LogP contribution in [0.15, 0.2) is 67.4 Å². The molecule has 0 unspecified atom stereocenters. The molecule has 0 spiro atoms. The summed E-state index contributed by atoms with van der Waals surface area (Å²) in [5.41, 5.74) is 4.15. The first-order valence-electron chi connectivity index (χ1n) is 13.1. The number of aromatic nitrogens is 1. The Morgan fingerprint density at radius 3 is 2.08 bits per heavy atom. The number of anilines is 1. The molecule has 40 heavy (non-hydrogen) atoms. The van der Waals surface area contributed by atoms with E-state index in [1.165, 1.54) is 0 Å². The molecule has 2 fully saturated rings. The molecule has 0 radical (unpaired) electrons. The van der Waals surface area contributed by atoms with E-state index in [0.29, 0.717) is 24.5 Å². The highest BCUT2D eigenvalue weighted by molar-refractivity contribution is 6.32. The van der Waals surface area contributed by atoms with Crippen LogP contribution in [0.3, 0.4) is 0 Å². The number of allylic oxidation sites excluding steroid dienone is 1. The van der Waals surface area contributed by atoms with Crippen LogP contribution in [0.25, 0.3) is 16.7 Å². The van der Waals surface area contributed by atoms with Crippen LogP contribution < -0.4 is 4.90 Å². The smallest absolute Gasteiger partial charge is 0.417 e. The average Bonchev–Trinajstić information content (AvgIpc) is 2.92. The maximum Gasteiger partial charge on any atom is 0.417 e. The first-order chi connectivity index (χ1) is 19.1. The SMILES string of the molecule is C=C(C(=O)O)c1ccc(/C(=C(\c2ncc(C(F)(F)F)cc2Cl)C2CCC2)c2ccc(N3CCOCC3)cc2)cc1. The molecular weight excluding hydrogens is 541 g/mol. The van der Waals surface area contributed by atoms with Gasteiger partial charge in [0.15, 0.2) is 0 Å². The minimum absolute atomic E-state index is 0.0291. The van der Waals surface area contributed by atoms with Crippen molar-refractivity contribution in [2.45, 2.75) is 25.4 Å². The van der Waals surface area contributed by atoms with Crippen LogP contribution in [0.4, 0.5) is 18.9 Å². The molecule has 2 aromatic carbocycles. The normalized spacial score (nSPS) is 16.8. The zero-order valence-corrected chi connectivity index (χ0v) is 22.4. The van der Waals surface area contributed by atoms with Gasteiger partial charge in [-0.1, -0.05) is 61.0 Å². The fraction of sp³-hybridized carbons (Fsp3) is 0.290. The number of ether oxygens (including phenoxy) is 1. The van der Waals surface area contributed by atoms with Crippen molar-refractivity contribution >= 4 is 40.0 Å². The Balaban J connectivity index is 1.68. The number of rotatable bonds is 7. The second kappa shape index (κ2) is 11.5. The predicted molar refractivity (Wildman–Crippen MR) is 150 cm³/mol. The molecule has 1 aliphatic carbocycles. The number of hydrogen-bond donors (Lipinski definition) is 1. The monoisotopic (exact) mass is 568 g/mol. The van der Waals surface area contributed by atoms with Crippen molar-refractivity contribution in [1.82, 2.24) is 4.98 Å². The zero-order valence-electron chi connectivity index (χ0n) is 21.7. The number of hydrogen-bond acceptors (Lipinski definition) is 4. The second-order valence-corrected chi connectivity index (χ2v) is 10.4. The summed E-state index contributed by atoms with van der Waals surface area (Å²) in [4.78, 5) is 17.9. The van der Waals surface area contributed by atoms with Gasteiger partial charge in [-0.05, 0) is 64.8 Å². The molecule has 5 nitrogen and oxygen atoms in total. The molecule has 2 aliphatic rings. The summed E-state index contributed by atoms with van der Waals surface area (Å²) >= 11 is 6.51. The Bertz CT molecular complexity index is 1440. The van der Waals surface area contributed by atoms with Gasteiger partial charge < -0.3 is 14.7 Å². The largest absolute Gasteiger partial charge is 0.478 e. The number of aliphatic carboxylic acids is 1. The van der Waals surface area contributed by atoms with Crippen molar-refractivity contribution < 1.29 is 27.8 Å². The molecule has 3 aromatic rings. The average molecular weight is 569 g/mol. The molecule has 1 saturated heterocycles. The van der Waals surface area contributed by atoms with E-state index in [4.69, 9.17) is 16.3 Å². The van der Waals surface area contributed by atoms with Crippen LogP contribution >= 0.6 is 11.6 Å². The minimum atomic E-state index is -4.56. The second-order valence-electron chi connectivity index (χ2n) is 9.98. The fourth-order valence-corrected chi connectivity index (χ4v) is 5.37. The van der Waals surface area contributed by atoms with Crippen LogP contribution in [-0.4, -0.2) is 42.4 Å². The van der Waals surface area contributed by atoms with Crippen LogP contribution in [0.1, 0.15) is 47.2 Å². The van der Waals surface area contributed by atoms with Gasteiger partial charge in [-0.2, -0.15) is 13.2 Å². The van der Waals surface area contributed by atoms with Crippen molar-refractivity contribution in [1.29, 1.82) is 0 Å². The minimum Gasteiger partial charge on any atom is -0.478 e. The van der Waals surface area contributed by atoms with E-state index in [1.807, 2.05) is 36.4 Å². The Hall–Kier alpha value is -3.62. The summed E-state index contributed by atoms with van der Waals surface area (Å²) in [6.45, 7) is 6.53. The topological polar surface area (TPSA) is 62.7 Å². The van der Waals surface area contributed by atoms with Crippen LogP contribution in [0, 0.1) is 5.92 Å². The Labute approximate surface area is 235 Å². The van der Waals surface area contributed by atoms with Gasteiger partial charge in [-0.15, -0.1) is 0 Å². The molecule has 1 aromatic heterocycles. The highest BCUT2D eigenvalue weighted by Gasteiger charge is 2.34. The molecule has 208 valence electrons. The fourth-order valence-electron chi connectivity index (χ4n) is 5.10. The van der Waals surface area contributed by atoms with Crippen LogP contribution in [0.5, 0.6) is 0 Å². The number of nitrogens with zero attached hydrogens (tertiary/aromatic N) is 2. The molecule has 0 atom stereocenters. The van der Waals surface area contributed by atoms with E-state index in [1.54, 1.807) is 12.1 Å². The summed E-state index contributed by atoms with van der Waals surface area (Å²) in [6, 6.07) is 16.0. The molecule has 1 N–H and O–H groups in total. The van der Waals surface area contributed by atoms with E-state index in [9.17, 15) is 23.1 Å². The van der Waals surface area contributed by atoms with E-state index < -0.39 is 17.7 Å². The summed E-state index contributed by atoms with van der Waals surface area (Å²) in [5.74, 6) is -1.05. The van der Waals surface area contributed by atoms with Gasteiger partial charge in [0, 0.05) is 25.0 Å². The van der Waals surface area contributed by atoms with Crippen LogP contribution in [-0.2, 0) is 15.7 Å². The number of benzene rings is 2. The van der Waals surface area contributed by atoms with Crippen molar-refractivity contribution in [3.63, 3.8) is 0 Å². The summed E-state index contributed by atoms with van der Waals surface area (Å²) in [5, 5.41) is 9.30. The summed E-state index contributed by atoms with van der Waals surface area (Å²) in [6.07, 6.45) is -1.02. The lowest BCUT2D eigenvalue weighted by molar-refractivity contribution is -0.137. The Morgan fingerprint density at radius 2 is 1.57 bits per heavy atom. The highest BCUT2D eigenvalue weighted by atomic mass is 35.5. The van der Waals surface area contributed by atoms with Crippen molar-refractivity contribution in [2.75, 3.05) is 31.2 Å². The molecule has 2 heterocycles. The molecule has 9 heteroatoms. The molecule has 5 rings (SSSR count). The Morgan fingerprint density at radius 1 is 1.00 bits per heavy atom. The lowest BCUT2D eigenvalue weighted by Crippen LogP contribution is -2.36. The first-order valence-corrected chi connectivity index (χ1v) is 13.4. The third kappa shape index (κ3) is 5.78. The van der Waals surface area contributed by atoms with E-state index >= 15 is 0 Å². The molecule has 0 amide bonds. The number of carboxylic acid groups (broad SMARTS) is 1. The van der Waals surface area contributed by atoms with Crippen molar-refractivity contribution in [3.05, 3.63) is 100 Å². The quantitative estimate of drug-likeness (QED) is 0.300. The standard InChI is InChI=1S/C31H28ClF3N2O3/c1-19(30(38)39)20-5-7-22(8-6-20)27(23-9-11-25(12-10-23)37-13-15-40-16-14-37)28(21-3-2-4-21)29-26(32)17-24(18-36-29)31(33,34)35/h5-12,17-18,21H,1-4,13-16H2,(H,38,39)/b28-27+. The van der Waals surface area contributed by atoms with Gasteiger partial charge in [0.1, 0.15) is 0 Å². The zero-order chi connectivity index (χ0) is 28.4. The van der Waals surface area contributed by atoms with Gasteiger partial charge in [0.05, 0.1) is 35.1 Å². The van der Waals surface area contributed by atoms with Gasteiger partial charge in [0.25, 0.3) is 0 Å². The molecule has 1 saturated carbocycles. The van der Waals surface area contributed by atoms with Gasteiger partial charge in [-0.25, -0.2) is 4.79 Å². The number of halogens is 4. The third-order valence-electron chi connectivity index (χ3n) is 7.52. The van der Waals surface area contributed by atoms with Crippen molar-refractivity contribution in [2.24, 2.45) is 5.92 Å². The summed E-state index contributed by atoms with van der Waals surface area (Å²) < 4.78 is 45.7. The molecular formula is C31H28ClF3N2O3. The molecule has 0 bridgehead atoms. The van der Waals surface area contributed by atoms with E-state index in [-0.39, 0.29) is 16.5 Å².